The zero-order valence-electron chi connectivity index (χ0n) is 25.6. The van der Waals surface area contributed by atoms with Crippen LogP contribution in [0.4, 0.5) is 17.1 Å². The van der Waals surface area contributed by atoms with E-state index in [4.69, 9.17) is 15.5 Å². The molecule has 1 aliphatic rings. The zero-order valence-corrected chi connectivity index (χ0v) is 25.6. The van der Waals surface area contributed by atoms with E-state index < -0.39 is 0 Å². The maximum Gasteiger partial charge on any atom is 0.144 e. The van der Waals surface area contributed by atoms with Crippen molar-refractivity contribution < 1.29 is 4.74 Å². The van der Waals surface area contributed by atoms with Crippen LogP contribution in [-0.4, -0.2) is 56.6 Å². The van der Waals surface area contributed by atoms with Crippen LogP contribution in [0, 0.1) is 5.92 Å². The molecule has 7 nitrogen and oxygen atoms in total. The minimum absolute atomic E-state index is 0.147. The third kappa shape index (κ3) is 6.35. The number of amidine groups is 1. The Morgan fingerprint density at radius 2 is 1.95 bits per heavy atom. The number of anilines is 3. The molecule has 0 saturated carbocycles. The molecular formula is C34H46N6O. The number of nitrogens with zero attached hydrogens (tertiary/aromatic N) is 4. The number of allylic oxidation sites excluding steroid dienone is 3. The van der Waals surface area contributed by atoms with Crippen molar-refractivity contribution in [1.29, 1.82) is 0 Å². The van der Waals surface area contributed by atoms with Gasteiger partial charge in [-0.3, -0.25) is 0 Å². The van der Waals surface area contributed by atoms with Crippen LogP contribution < -0.4 is 20.7 Å². The molecule has 1 aliphatic heterocycles. The van der Waals surface area contributed by atoms with E-state index in [0.29, 0.717) is 11.4 Å². The second kappa shape index (κ2) is 13.1. The van der Waals surface area contributed by atoms with E-state index in [1.807, 2.05) is 24.3 Å². The summed E-state index contributed by atoms with van der Waals surface area (Å²) >= 11 is 0. The van der Waals surface area contributed by atoms with Crippen LogP contribution in [0.2, 0.25) is 0 Å². The van der Waals surface area contributed by atoms with Crippen molar-refractivity contribution in [2.45, 2.75) is 39.7 Å². The van der Waals surface area contributed by atoms with E-state index in [1.54, 1.807) is 7.11 Å². The smallest absolute Gasteiger partial charge is 0.144 e. The molecule has 2 aromatic carbocycles. The molecule has 3 aromatic rings. The van der Waals surface area contributed by atoms with Crippen molar-refractivity contribution in [3.8, 4) is 5.75 Å². The third-order valence-corrected chi connectivity index (χ3v) is 8.01. The monoisotopic (exact) mass is 554 g/mol. The van der Waals surface area contributed by atoms with Crippen LogP contribution in [0.3, 0.4) is 0 Å². The number of nitrogen functional groups attached to an aromatic ring is 1. The average molecular weight is 555 g/mol. The summed E-state index contributed by atoms with van der Waals surface area (Å²) in [5.41, 5.74) is 14.5. The van der Waals surface area contributed by atoms with Crippen LogP contribution in [0.5, 0.6) is 5.75 Å². The molecule has 0 amide bonds. The number of hydrogen-bond acceptors (Lipinski definition) is 5. The molecule has 0 radical (unpaired) electrons. The first kappa shape index (κ1) is 30.0. The number of aromatic nitrogens is 1. The molecule has 0 spiro atoms. The largest absolute Gasteiger partial charge is 0.494 e. The van der Waals surface area contributed by atoms with Crippen LogP contribution >= 0.6 is 0 Å². The highest BCUT2D eigenvalue weighted by Crippen LogP contribution is 2.38. The fraction of sp³-hybridized carbons (Fsp3) is 0.382. The van der Waals surface area contributed by atoms with E-state index in [2.05, 4.69) is 92.2 Å². The van der Waals surface area contributed by atoms with Gasteiger partial charge in [-0.25, -0.2) is 4.99 Å². The summed E-state index contributed by atoms with van der Waals surface area (Å²) in [4.78, 5) is 9.64. The number of hydrogen-bond donors (Lipinski definition) is 2. The van der Waals surface area contributed by atoms with Crippen molar-refractivity contribution in [2.75, 3.05) is 57.3 Å². The topological polar surface area (TPSA) is 71.1 Å². The van der Waals surface area contributed by atoms with Crippen LogP contribution in [0.15, 0.2) is 72.4 Å². The van der Waals surface area contributed by atoms with Gasteiger partial charge in [0.15, 0.2) is 0 Å². The Balaban J connectivity index is 1.82. The van der Waals surface area contributed by atoms with Gasteiger partial charge in [-0.15, -0.1) is 0 Å². The minimum atomic E-state index is 0.147. The predicted octanol–water partition coefficient (Wildman–Crippen LogP) is 6.82. The molecule has 2 heterocycles. The zero-order chi connectivity index (χ0) is 29.7. The summed E-state index contributed by atoms with van der Waals surface area (Å²) in [5, 5.41) is 4.82. The number of para-hydroxylation sites is 1. The van der Waals surface area contributed by atoms with Crippen molar-refractivity contribution >= 4 is 39.5 Å². The van der Waals surface area contributed by atoms with Gasteiger partial charge < -0.3 is 30.2 Å². The SMILES string of the molecule is C=CC(C=C)=C(N=C(Nc1cc(N)c(N(C)CCN(C)C)cc1OC)C(C)CC)c1cn2c3c(cccc13)CCC2. The molecule has 4 rings (SSSR count). The van der Waals surface area contributed by atoms with Gasteiger partial charge in [0.2, 0.25) is 0 Å². The summed E-state index contributed by atoms with van der Waals surface area (Å²) in [7, 11) is 7.87. The Kier molecular flexibility index (Phi) is 9.61. The predicted molar refractivity (Wildman–Crippen MR) is 177 cm³/mol. The molecule has 0 aliphatic carbocycles. The van der Waals surface area contributed by atoms with E-state index in [1.165, 1.54) is 16.5 Å². The summed E-state index contributed by atoms with van der Waals surface area (Å²) in [6.07, 6.45) is 9.06. The molecule has 7 heteroatoms. The molecule has 0 saturated heterocycles. The Labute approximate surface area is 245 Å². The lowest BCUT2D eigenvalue weighted by atomic mass is 10.00. The fourth-order valence-electron chi connectivity index (χ4n) is 5.37. The lowest BCUT2D eigenvalue weighted by Crippen LogP contribution is -2.29. The summed E-state index contributed by atoms with van der Waals surface area (Å²) in [5.74, 6) is 1.70. The first-order valence-electron chi connectivity index (χ1n) is 14.5. The molecule has 3 N–H and O–H groups in total. The number of nitrogens with two attached hydrogens (primary N) is 1. The number of benzene rings is 2. The second-order valence-electron chi connectivity index (χ2n) is 11.1. The molecule has 1 unspecified atom stereocenters. The van der Waals surface area contributed by atoms with Crippen LogP contribution in [0.25, 0.3) is 16.6 Å². The van der Waals surface area contributed by atoms with Crippen molar-refractivity contribution in [3.05, 3.63) is 78.5 Å². The molecule has 0 bridgehead atoms. The highest BCUT2D eigenvalue weighted by Gasteiger charge is 2.21. The standard InChI is InChI=1S/C34H46N6O/c1-9-23(4)34(36-29-20-28(35)30(21-31(29)41-8)39(7)19-18-38(5)6)37-32(24(10-2)11-3)27-22-40-17-13-15-25-14-12-16-26(27)33(25)40/h10-12,14,16,20-23H,2-3,9,13,15,17-19,35H2,1,4-8H3,(H,36,37). The van der Waals surface area contributed by atoms with Gasteiger partial charge in [-0.05, 0) is 50.6 Å². The van der Waals surface area contributed by atoms with Crippen molar-refractivity contribution in [1.82, 2.24) is 9.47 Å². The number of likely N-dealkylation sites (N-methyl/N-ethyl adjacent to an activating group) is 2. The highest BCUT2D eigenvalue weighted by atomic mass is 16.5. The van der Waals surface area contributed by atoms with Gasteiger partial charge in [-0.2, -0.15) is 0 Å². The maximum atomic E-state index is 6.59. The highest BCUT2D eigenvalue weighted by molar-refractivity contribution is 6.05. The van der Waals surface area contributed by atoms with E-state index >= 15 is 0 Å². The quantitative estimate of drug-likeness (QED) is 0.111. The van der Waals surface area contributed by atoms with Crippen LogP contribution in [-0.2, 0) is 13.0 Å². The Morgan fingerprint density at radius 3 is 2.61 bits per heavy atom. The number of nitrogens with one attached hydrogen (secondary N) is 1. The van der Waals surface area contributed by atoms with Gasteiger partial charge in [0, 0.05) is 55.8 Å². The molecule has 1 atom stereocenters. The second-order valence-corrected chi connectivity index (χ2v) is 11.1. The molecule has 41 heavy (non-hydrogen) atoms. The van der Waals surface area contributed by atoms with E-state index in [-0.39, 0.29) is 5.92 Å². The molecule has 0 fully saturated rings. The number of rotatable bonds is 12. The van der Waals surface area contributed by atoms with Gasteiger partial charge in [0.05, 0.1) is 35.4 Å². The lowest BCUT2D eigenvalue weighted by Gasteiger charge is -2.25. The minimum Gasteiger partial charge on any atom is -0.494 e. The van der Waals surface area contributed by atoms with Crippen molar-refractivity contribution in [2.24, 2.45) is 10.9 Å². The Hall–Kier alpha value is -3.97. The number of ether oxygens (including phenoxy) is 1. The van der Waals surface area contributed by atoms with Gasteiger partial charge in [0.25, 0.3) is 0 Å². The third-order valence-electron chi connectivity index (χ3n) is 8.01. The summed E-state index contributed by atoms with van der Waals surface area (Å²) < 4.78 is 8.22. The van der Waals surface area contributed by atoms with Crippen molar-refractivity contribution in [3.63, 3.8) is 0 Å². The molecular weight excluding hydrogens is 508 g/mol. The number of methoxy groups -OCH3 is 1. The van der Waals surface area contributed by atoms with Gasteiger partial charge in [-0.1, -0.05) is 57.4 Å². The van der Waals surface area contributed by atoms with E-state index in [0.717, 1.165) is 72.9 Å². The lowest BCUT2D eigenvalue weighted by molar-refractivity contribution is 0.413. The normalized spacial score (nSPS) is 13.7. The Bertz CT molecular complexity index is 1470. The average Bonchev–Trinajstić information content (AvgIpc) is 3.35. The Morgan fingerprint density at radius 1 is 1.20 bits per heavy atom. The van der Waals surface area contributed by atoms with Gasteiger partial charge in [0.1, 0.15) is 11.6 Å². The summed E-state index contributed by atoms with van der Waals surface area (Å²) in [6, 6.07) is 10.5. The van der Waals surface area contributed by atoms with Gasteiger partial charge >= 0.3 is 0 Å². The van der Waals surface area contributed by atoms with E-state index in [9.17, 15) is 0 Å². The number of aliphatic imine (C=N–C) groups is 1. The maximum absolute atomic E-state index is 6.59. The summed E-state index contributed by atoms with van der Waals surface area (Å²) in [6.45, 7) is 15.3. The molecule has 218 valence electrons. The fourth-order valence-corrected chi connectivity index (χ4v) is 5.37. The first-order chi connectivity index (χ1) is 19.7. The first-order valence-corrected chi connectivity index (χ1v) is 14.5. The van der Waals surface area contributed by atoms with Crippen LogP contribution in [0.1, 0.15) is 37.8 Å². The molecule has 1 aromatic heterocycles. The number of aryl methyl sites for hydroxylation is 2.